The number of rotatable bonds is 9. The van der Waals surface area contributed by atoms with Crippen molar-refractivity contribution >= 4 is 88.1 Å². The van der Waals surface area contributed by atoms with Crippen molar-refractivity contribution < 1.29 is 0 Å². The second-order valence-electron chi connectivity index (χ2n) is 10.3. The maximum atomic E-state index is 7.33. The molecule has 0 bridgehead atoms. The van der Waals surface area contributed by atoms with E-state index in [-0.39, 0.29) is 5.14 Å². The molecule has 0 N–H and O–H groups in total. The van der Waals surface area contributed by atoms with Gasteiger partial charge in [0.2, 0.25) is 0 Å². The number of hydrogen-bond donors (Lipinski definition) is 0. The first kappa shape index (κ1) is 30.6. The van der Waals surface area contributed by atoms with Crippen LogP contribution in [0.1, 0.15) is 0 Å². The predicted molar refractivity (Wildman–Crippen MR) is 201 cm³/mol. The van der Waals surface area contributed by atoms with E-state index in [2.05, 4.69) is 197 Å². The molecule has 43 heavy (non-hydrogen) atoms. The van der Waals surface area contributed by atoms with Crippen molar-refractivity contribution in [1.29, 1.82) is 0 Å². The average molecular weight is 712 g/mol. The first-order valence-electron chi connectivity index (χ1n) is 14.1. The van der Waals surface area contributed by atoms with Gasteiger partial charge < -0.3 is 0 Å². The SMILES string of the molecule is S=P(c1ccccc1)(c1ccccc1)C(P(=S)(c1ccccc1)c1ccccc1)P(=[Se])(c1ccccc1)c1ccccc1. The summed E-state index contributed by atoms with van der Waals surface area (Å²) in [6.07, 6.45) is 0. The Morgan fingerprint density at radius 1 is 0.326 bits per heavy atom. The molecule has 0 aliphatic heterocycles. The molecule has 0 aromatic heterocycles. The first-order chi connectivity index (χ1) is 21.0. The van der Waals surface area contributed by atoms with Crippen molar-refractivity contribution in [2.45, 2.75) is 5.14 Å². The molecule has 0 saturated carbocycles. The second-order valence-corrected chi connectivity index (χ2v) is 27.2. The van der Waals surface area contributed by atoms with E-state index in [4.69, 9.17) is 23.6 Å². The van der Waals surface area contributed by atoms with Crippen molar-refractivity contribution in [3.63, 3.8) is 0 Å². The van der Waals surface area contributed by atoms with Gasteiger partial charge in [0.15, 0.2) is 0 Å². The van der Waals surface area contributed by atoms with Crippen LogP contribution in [0.4, 0.5) is 0 Å². The van der Waals surface area contributed by atoms with Gasteiger partial charge in [-0.05, 0) is 0 Å². The number of benzene rings is 6. The quantitative estimate of drug-likeness (QED) is 0.114. The van der Waals surface area contributed by atoms with E-state index in [1.807, 2.05) is 0 Å². The minimum atomic E-state index is -2.64. The van der Waals surface area contributed by atoms with Crippen LogP contribution in [0.15, 0.2) is 182 Å². The van der Waals surface area contributed by atoms with E-state index >= 15 is 0 Å². The van der Waals surface area contributed by atoms with Crippen LogP contribution in [0.5, 0.6) is 0 Å². The molecule has 0 saturated heterocycles. The van der Waals surface area contributed by atoms with Crippen molar-refractivity contribution in [2.24, 2.45) is 0 Å². The monoisotopic (exact) mass is 712 g/mol. The van der Waals surface area contributed by atoms with Gasteiger partial charge in [-0.1, -0.05) is 0 Å². The fourth-order valence-corrected chi connectivity index (χ4v) is 38.7. The Labute approximate surface area is 273 Å². The van der Waals surface area contributed by atoms with Gasteiger partial charge in [-0.3, -0.25) is 0 Å². The van der Waals surface area contributed by atoms with E-state index in [1.165, 1.54) is 31.8 Å². The van der Waals surface area contributed by atoms with Gasteiger partial charge in [-0.2, -0.15) is 0 Å². The van der Waals surface area contributed by atoms with Crippen LogP contribution in [0.2, 0.25) is 0 Å². The molecule has 0 aliphatic rings. The molecular formula is C37H31P3S2Se. The molecule has 0 nitrogen and oxygen atoms in total. The second kappa shape index (κ2) is 13.3. The summed E-state index contributed by atoms with van der Waals surface area (Å²) in [6.45, 7) is 0. The molecule has 6 aromatic carbocycles. The molecule has 0 radical (unpaired) electrons. The van der Waals surface area contributed by atoms with Gasteiger partial charge in [0.05, 0.1) is 0 Å². The van der Waals surface area contributed by atoms with Gasteiger partial charge in [-0.25, -0.2) is 0 Å². The van der Waals surface area contributed by atoms with Crippen LogP contribution < -0.4 is 31.8 Å². The van der Waals surface area contributed by atoms with Crippen LogP contribution in [0, 0.1) is 0 Å². The molecule has 0 heterocycles. The van der Waals surface area contributed by atoms with Crippen molar-refractivity contribution in [2.75, 3.05) is 0 Å². The van der Waals surface area contributed by atoms with Crippen LogP contribution in [0.3, 0.4) is 0 Å². The molecule has 0 fully saturated rings. The van der Waals surface area contributed by atoms with E-state index in [0.29, 0.717) is 0 Å². The summed E-state index contributed by atoms with van der Waals surface area (Å²) in [6, 6.07) is 60.1. The summed E-state index contributed by atoms with van der Waals surface area (Å²) in [5.41, 5.74) is -2.42. The fraction of sp³-hybridized carbons (Fsp3) is 0.0270. The van der Waals surface area contributed by atoms with Crippen molar-refractivity contribution in [3.05, 3.63) is 182 Å². The molecular weight excluding hydrogens is 680 g/mol. The molecule has 0 unspecified atom stereocenters. The first-order valence-corrected chi connectivity index (χ1v) is 23.9. The van der Waals surface area contributed by atoms with Crippen LogP contribution >= 0.6 is 17.6 Å². The minimum absolute atomic E-state index is 0.0723. The van der Waals surface area contributed by atoms with Crippen molar-refractivity contribution in [1.82, 2.24) is 0 Å². The molecule has 0 spiro atoms. The summed E-state index contributed by atoms with van der Waals surface area (Å²) in [7, 11) is 0. The summed E-state index contributed by atoms with van der Waals surface area (Å²) in [5.74, 6) is 0. The Hall–Kier alpha value is -2.43. The van der Waals surface area contributed by atoms with E-state index < -0.39 is 17.6 Å². The predicted octanol–water partition coefficient (Wildman–Crippen LogP) is 7.28. The molecule has 0 amide bonds. The topological polar surface area (TPSA) is 0 Å². The standard InChI is InChI=1S/C37H31P3S2Se/c41-38(31-19-7-1-8-20-31,32-21-9-2-10-22-32)37(39(42,33-23-11-3-12-24-33)34-25-13-4-14-26-34)40(43,35-27-15-5-16-28-35)36-29-17-6-18-30-36/h1-30,37H. The van der Waals surface area contributed by atoms with Crippen molar-refractivity contribution in [3.8, 4) is 0 Å². The summed E-state index contributed by atoms with van der Waals surface area (Å²) >= 11 is 18.6. The zero-order valence-corrected chi connectivity index (χ0v) is 29.5. The van der Waals surface area contributed by atoms with E-state index in [9.17, 15) is 0 Å². The van der Waals surface area contributed by atoms with Gasteiger partial charge in [0.25, 0.3) is 0 Å². The Balaban J connectivity index is 1.86. The zero-order valence-electron chi connectivity index (χ0n) is 23.5. The van der Waals surface area contributed by atoms with Crippen LogP contribution in [0.25, 0.3) is 0 Å². The molecule has 212 valence electrons. The van der Waals surface area contributed by atoms with Gasteiger partial charge in [-0.15, -0.1) is 0 Å². The normalized spacial score (nSPS) is 12.2. The van der Waals surface area contributed by atoms with Crippen LogP contribution in [-0.2, 0) is 23.6 Å². The molecule has 0 atom stereocenters. The average Bonchev–Trinajstić information content (AvgIpc) is 3.10. The van der Waals surface area contributed by atoms with Crippen LogP contribution in [-0.4, -0.2) is 20.2 Å². The molecule has 6 rings (SSSR count). The third-order valence-electron chi connectivity index (χ3n) is 7.81. The maximum absolute atomic E-state index is 7.33. The molecule has 6 heteroatoms. The Kier molecular flexibility index (Phi) is 9.45. The fourth-order valence-electron chi connectivity index (χ4n) is 5.83. The van der Waals surface area contributed by atoms with Gasteiger partial charge in [0, 0.05) is 0 Å². The zero-order chi connectivity index (χ0) is 29.8. The Morgan fingerprint density at radius 3 is 0.721 bits per heavy atom. The Bertz CT molecular complexity index is 1570. The summed E-state index contributed by atoms with van der Waals surface area (Å²) in [5, 5.41) is 7.31. The number of hydrogen-bond acceptors (Lipinski definition) is 2. The molecule has 6 aromatic rings. The summed E-state index contributed by atoms with van der Waals surface area (Å²) in [4.78, 5) is 0. The van der Waals surface area contributed by atoms with E-state index in [1.54, 1.807) is 0 Å². The van der Waals surface area contributed by atoms with E-state index in [0.717, 1.165) is 0 Å². The van der Waals surface area contributed by atoms with Gasteiger partial charge >= 0.3 is 275 Å². The third kappa shape index (κ3) is 5.63. The molecule has 0 aliphatic carbocycles. The Morgan fingerprint density at radius 2 is 0.512 bits per heavy atom. The third-order valence-corrected chi connectivity index (χ3v) is 34.1. The summed E-state index contributed by atoms with van der Waals surface area (Å²) < 4.78 is 0. The van der Waals surface area contributed by atoms with Gasteiger partial charge in [0.1, 0.15) is 0 Å².